The van der Waals surface area contributed by atoms with Crippen molar-refractivity contribution in [3.8, 4) is 5.75 Å². The molecule has 0 atom stereocenters. The maximum atomic E-state index is 12.2. The van der Waals surface area contributed by atoms with E-state index in [9.17, 15) is 4.79 Å². The molecule has 0 heterocycles. The van der Waals surface area contributed by atoms with Gasteiger partial charge in [-0.1, -0.05) is 24.3 Å². The predicted octanol–water partition coefficient (Wildman–Crippen LogP) is 3.06. The monoisotopic (exact) mass is 284 g/mol. The minimum Gasteiger partial charge on any atom is -0.494 e. The summed E-state index contributed by atoms with van der Waals surface area (Å²) >= 11 is 0. The van der Waals surface area contributed by atoms with Crippen molar-refractivity contribution in [2.75, 3.05) is 19.0 Å². The summed E-state index contributed by atoms with van der Waals surface area (Å²) in [6.07, 6.45) is 0. The molecular formula is C17H20N2O2. The van der Waals surface area contributed by atoms with Crippen LogP contribution in [0, 0.1) is 0 Å². The quantitative estimate of drug-likeness (QED) is 0.857. The van der Waals surface area contributed by atoms with E-state index < -0.39 is 0 Å². The van der Waals surface area contributed by atoms with Crippen molar-refractivity contribution in [3.63, 3.8) is 0 Å². The van der Waals surface area contributed by atoms with Gasteiger partial charge in [-0.05, 0) is 36.8 Å². The number of benzene rings is 2. The summed E-state index contributed by atoms with van der Waals surface area (Å²) in [5.41, 5.74) is 2.47. The van der Waals surface area contributed by atoms with Crippen molar-refractivity contribution in [2.45, 2.75) is 13.5 Å². The first-order valence-electron chi connectivity index (χ1n) is 7.01. The number of amides is 1. The summed E-state index contributed by atoms with van der Waals surface area (Å²) in [5, 5.41) is 5.94. The van der Waals surface area contributed by atoms with Crippen LogP contribution in [-0.4, -0.2) is 19.6 Å². The first-order chi connectivity index (χ1) is 10.2. The number of carbonyl (C=O) groups excluding carboxylic acids is 1. The Labute approximate surface area is 125 Å². The van der Waals surface area contributed by atoms with Crippen molar-refractivity contribution in [1.82, 2.24) is 5.32 Å². The Kier molecular flexibility index (Phi) is 5.21. The van der Waals surface area contributed by atoms with Crippen LogP contribution in [0.4, 0.5) is 5.69 Å². The molecule has 1 amide bonds. The van der Waals surface area contributed by atoms with Gasteiger partial charge in [0.05, 0.1) is 12.2 Å². The number of rotatable bonds is 6. The van der Waals surface area contributed by atoms with Crippen molar-refractivity contribution in [1.29, 1.82) is 0 Å². The molecule has 0 fully saturated rings. The Hall–Kier alpha value is -2.49. The normalized spacial score (nSPS) is 10.0. The van der Waals surface area contributed by atoms with E-state index in [1.165, 1.54) is 0 Å². The molecule has 21 heavy (non-hydrogen) atoms. The van der Waals surface area contributed by atoms with E-state index in [1.807, 2.05) is 49.4 Å². The number of para-hydroxylation sites is 1. The third kappa shape index (κ3) is 3.99. The second-order valence-corrected chi connectivity index (χ2v) is 4.56. The Morgan fingerprint density at radius 3 is 2.71 bits per heavy atom. The van der Waals surface area contributed by atoms with Gasteiger partial charge in [0, 0.05) is 19.3 Å². The highest BCUT2D eigenvalue weighted by molar-refractivity contribution is 5.99. The molecule has 4 nitrogen and oxygen atoms in total. The molecule has 0 aliphatic carbocycles. The summed E-state index contributed by atoms with van der Waals surface area (Å²) in [5.74, 6) is 0.724. The van der Waals surface area contributed by atoms with E-state index in [0.717, 1.165) is 17.0 Å². The van der Waals surface area contributed by atoms with Gasteiger partial charge in [0.25, 0.3) is 5.91 Å². The van der Waals surface area contributed by atoms with Crippen LogP contribution in [0.2, 0.25) is 0 Å². The van der Waals surface area contributed by atoms with Gasteiger partial charge in [-0.15, -0.1) is 0 Å². The third-order valence-corrected chi connectivity index (χ3v) is 3.10. The maximum Gasteiger partial charge on any atom is 0.253 e. The minimum atomic E-state index is -0.0956. The fraction of sp³-hybridized carbons (Fsp3) is 0.235. The van der Waals surface area contributed by atoms with Crippen LogP contribution in [-0.2, 0) is 6.54 Å². The topological polar surface area (TPSA) is 50.4 Å². The Bertz CT molecular complexity index is 611. The van der Waals surface area contributed by atoms with E-state index in [1.54, 1.807) is 13.1 Å². The molecule has 4 heteroatoms. The molecule has 0 aliphatic rings. The summed E-state index contributed by atoms with van der Waals surface area (Å²) in [4.78, 5) is 12.2. The van der Waals surface area contributed by atoms with Crippen LogP contribution < -0.4 is 15.4 Å². The molecule has 0 radical (unpaired) electrons. The van der Waals surface area contributed by atoms with Crippen molar-refractivity contribution in [2.24, 2.45) is 0 Å². The fourth-order valence-corrected chi connectivity index (χ4v) is 2.09. The summed E-state index contributed by atoms with van der Waals surface area (Å²) in [6.45, 7) is 3.05. The Morgan fingerprint density at radius 2 is 1.95 bits per heavy atom. The highest BCUT2D eigenvalue weighted by atomic mass is 16.5. The Balaban J connectivity index is 2.02. The van der Waals surface area contributed by atoms with E-state index >= 15 is 0 Å². The lowest BCUT2D eigenvalue weighted by molar-refractivity contribution is 0.0951. The maximum absolute atomic E-state index is 12.2. The molecule has 110 valence electrons. The zero-order valence-corrected chi connectivity index (χ0v) is 12.3. The zero-order valence-electron chi connectivity index (χ0n) is 12.3. The lowest BCUT2D eigenvalue weighted by Crippen LogP contribution is -2.23. The lowest BCUT2D eigenvalue weighted by Gasteiger charge is -2.10. The molecule has 0 aromatic heterocycles. The van der Waals surface area contributed by atoms with Gasteiger partial charge >= 0.3 is 0 Å². The van der Waals surface area contributed by atoms with Crippen molar-refractivity contribution >= 4 is 11.6 Å². The van der Waals surface area contributed by atoms with Gasteiger partial charge < -0.3 is 15.4 Å². The van der Waals surface area contributed by atoms with Gasteiger partial charge in [0.1, 0.15) is 5.75 Å². The molecule has 0 saturated carbocycles. The summed E-state index contributed by atoms with van der Waals surface area (Å²) in [7, 11) is 1.80. The number of anilines is 1. The standard InChI is InChI=1S/C17H20N2O2/c1-3-21-14-8-6-7-13(11-14)12-19-17(20)15-9-4-5-10-16(15)18-2/h4-11,18H,3,12H2,1-2H3,(H,19,20). The van der Waals surface area contributed by atoms with Gasteiger partial charge in [-0.3, -0.25) is 4.79 Å². The number of nitrogens with one attached hydrogen (secondary N) is 2. The number of hydrogen-bond donors (Lipinski definition) is 2. The molecule has 2 aromatic carbocycles. The Morgan fingerprint density at radius 1 is 1.14 bits per heavy atom. The average molecular weight is 284 g/mol. The fourth-order valence-electron chi connectivity index (χ4n) is 2.09. The van der Waals surface area contributed by atoms with Crippen LogP contribution >= 0.6 is 0 Å². The van der Waals surface area contributed by atoms with Gasteiger partial charge in [-0.25, -0.2) is 0 Å². The van der Waals surface area contributed by atoms with Crippen molar-refractivity contribution in [3.05, 3.63) is 59.7 Å². The molecule has 0 bridgehead atoms. The van der Waals surface area contributed by atoms with Crippen LogP contribution in [0.1, 0.15) is 22.8 Å². The van der Waals surface area contributed by atoms with Crippen LogP contribution in [0.25, 0.3) is 0 Å². The van der Waals surface area contributed by atoms with Gasteiger partial charge in [0.2, 0.25) is 0 Å². The van der Waals surface area contributed by atoms with Crippen molar-refractivity contribution < 1.29 is 9.53 Å². The van der Waals surface area contributed by atoms with E-state index in [4.69, 9.17) is 4.74 Å². The molecule has 0 aliphatic heterocycles. The molecule has 0 saturated heterocycles. The molecular weight excluding hydrogens is 264 g/mol. The van der Waals surface area contributed by atoms with E-state index in [0.29, 0.717) is 18.7 Å². The first-order valence-corrected chi connectivity index (χ1v) is 7.01. The van der Waals surface area contributed by atoms with Crippen LogP contribution in [0.3, 0.4) is 0 Å². The number of hydrogen-bond acceptors (Lipinski definition) is 3. The first kappa shape index (κ1) is 14.9. The SMILES string of the molecule is CCOc1cccc(CNC(=O)c2ccccc2NC)c1. The molecule has 2 aromatic rings. The molecule has 2 N–H and O–H groups in total. The van der Waals surface area contributed by atoms with Crippen LogP contribution in [0.15, 0.2) is 48.5 Å². The van der Waals surface area contributed by atoms with Crippen LogP contribution in [0.5, 0.6) is 5.75 Å². The molecule has 0 unspecified atom stereocenters. The highest BCUT2D eigenvalue weighted by Crippen LogP contribution is 2.15. The minimum absolute atomic E-state index is 0.0956. The average Bonchev–Trinajstić information content (AvgIpc) is 2.53. The summed E-state index contributed by atoms with van der Waals surface area (Å²) in [6, 6.07) is 15.2. The third-order valence-electron chi connectivity index (χ3n) is 3.10. The molecule has 0 spiro atoms. The molecule has 2 rings (SSSR count). The number of carbonyl (C=O) groups is 1. The largest absolute Gasteiger partial charge is 0.494 e. The van der Waals surface area contributed by atoms with E-state index in [-0.39, 0.29) is 5.91 Å². The van der Waals surface area contributed by atoms with Gasteiger partial charge in [-0.2, -0.15) is 0 Å². The highest BCUT2D eigenvalue weighted by Gasteiger charge is 2.09. The summed E-state index contributed by atoms with van der Waals surface area (Å²) < 4.78 is 5.45. The number of ether oxygens (including phenoxy) is 1. The van der Waals surface area contributed by atoms with E-state index in [2.05, 4.69) is 10.6 Å². The smallest absolute Gasteiger partial charge is 0.253 e. The predicted molar refractivity (Wildman–Crippen MR) is 84.8 cm³/mol. The lowest BCUT2D eigenvalue weighted by atomic mass is 10.1. The second-order valence-electron chi connectivity index (χ2n) is 4.56. The zero-order chi connectivity index (χ0) is 15.1. The second kappa shape index (κ2) is 7.33. The van der Waals surface area contributed by atoms with Gasteiger partial charge in [0.15, 0.2) is 0 Å².